The van der Waals surface area contributed by atoms with Gasteiger partial charge in [0.1, 0.15) is 0 Å². The third kappa shape index (κ3) is 5.66. The summed E-state index contributed by atoms with van der Waals surface area (Å²) < 4.78 is 0. The van der Waals surface area contributed by atoms with Crippen molar-refractivity contribution >= 4 is 41.1 Å². The fraction of sp³-hybridized carbons (Fsp3) is 0.308. The molecule has 0 unspecified atom stereocenters. The van der Waals surface area contributed by atoms with E-state index in [1.54, 1.807) is 0 Å². The molecule has 17 heavy (non-hydrogen) atoms. The minimum absolute atomic E-state index is 0.132. The molecule has 0 atom stereocenters. The van der Waals surface area contributed by atoms with Gasteiger partial charge in [0.25, 0.3) is 0 Å². The van der Waals surface area contributed by atoms with E-state index in [0.29, 0.717) is 0 Å². The molecule has 1 nitrogen and oxygen atoms in total. The topological polar surface area (TPSA) is 17.1 Å². The summed E-state index contributed by atoms with van der Waals surface area (Å²) in [6.07, 6.45) is 2.72. The van der Waals surface area contributed by atoms with Gasteiger partial charge in [0.05, 0.1) is 0 Å². The first-order valence-electron chi connectivity index (χ1n) is 5.32. The fourth-order valence-electron chi connectivity index (χ4n) is 1.23. The molecule has 0 aliphatic carbocycles. The van der Waals surface area contributed by atoms with Gasteiger partial charge in [-0.25, -0.2) is 0 Å². The lowest BCUT2D eigenvalue weighted by molar-refractivity contribution is -0.107. The Morgan fingerprint density at radius 3 is 2.65 bits per heavy atom. The van der Waals surface area contributed by atoms with Crippen LogP contribution in [0.15, 0.2) is 35.9 Å². The van der Waals surface area contributed by atoms with Crippen LogP contribution in [0.5, 0.6) is 0 Å². The molecular weight excluding hydrogens is 272 g/mol. The molecular formula is C13H15ClOS2. The van der Waals surface area contributed by atoms with Crippen molar-refractivity contribution in [2.45, 2.75) is 13.3 Å². The number of carbonyl (C=O) groups is 1. The molecule has 0 N–H and O–H groups in total. The predicted molar refractivity (Wildman–Crippen MR) is 80.2 cm³/mol. The highest BCUT2D eigenvalue weighted by molar-refractivity contribution is 8.14. The molecule has 0 radical (unpaired) electrons. The molecule has 4 heteroatoms. The van der Waals surface area contributed by atoms with Gasteiger partial charge in [-0.1, -0.05) is 41.6 Å². The van der Waals surface area contributed by atoms with Gasteiger partial charge < -0.3 is 0 Å². The number of carbonyl (C=O) groups excluding carboxylic acids is 1. The van der Waals surface area contributed by atoms with Crippen molar-refractivity contribution < 1.29 is 4.79 Å². The molecule has 0 saturated heterocycles. The zero-order valence-corrected chi connectivity index (χ0v) is 12.1. The van der Waals surface area contributed by atoms with Crippen LogP contribution in [0.25, 0.3) is 0 Å². The summed E-state index contributed by atoms with van der Waals surface area (Å²) in [6.45, 7) is 1.85. The summed E-state index contributed by atoms with van der Waals surface area (Å²) >= 11 is 11.2. The van der Waals surface area contributed by atoms with Crippen LogP contribution in [-0.4, -0.2) is 16.6 Å². The van der Waals surface area contributed by atoms with Gasteiger partial charge in [0.15, 0.2) is 0 Å². The second-order valence-electron chi connectivity index (χ2n) is 3.58. The summed E-state index contributed by atoms with van der Waals surface area (Å²) in [5, 5.41) is 0.864. The normalized spacial score (nSPS) is 11.6. The molecule has 0 heterocycles. The minimum atomic E-state index is 0.132. The van der Waals surface area contributed by atoms with Crippen LogP contribution in [0, 0.1) is 0 Å². The van der Waals surface area contributed by atoms with Gasteiger partial charge in [-0.15, -0.1) is 0 Å². The minimum Gasteiger partial charge on any atom is -0.282 e. The van der Waals surface area contributed by atoms with Crippen LogP contribution in [-0.2, 0) is 11.2 Å². The maximum atomic E-state index is 11.6. The van der Waals surface area contributed by atoms with Crippen LogP contribution >= 0.6 is 36.0 Å². The maximum Gasteiger partial charge on any atom is 0.214 e. The number of allylic oxidation sites excluding steroid dienone is 1. The van der Waals surface area contributed by atoms with Crippen LogP contribution in [0.2, 0.25) is 5.02 Å². The Morgan fingerprint density at radius 1 is 1.41 bits per heavy atom. The van der Waals surface area contributed by atoms with Crippen LogP contribution in [0.1, 0.15) is 12.5 Å². The Hall–Kier alpha value is -0.380. The third-order valence-electron chi connectivity index (χ3n) is 2.20. The average Bonchev–Trinajstić information content (AvgIpc) is 2.34. The summed E-state index contributed by atoms with van der Waals surface area (Å²) in [4.78, 5) is 11.6. The highest BCUT2D eigenvalue weighted by Gasteiger charge is 2.03. The molecule has 0 aliphatic heterocycles. The predicted octanol–water partition coefficient (Wildman–Crippen LogP) is 4.02. The number of thiol groups is 1. The maximum absolute atomic E-state index is 11.6. The number of hydrogen-bond donors (Lipinski definition) is 1. The highest BCUT2D eigenvalue weighted by Crippen LogP contribution is 2.14. The van der Waals surface area contributed by atoms with E-state index >= 15 is 0 Å². The Bertz CT molecular complexity index is 398. The van der Waals surface area contributed by atoms with Gasteiger partial charge in [0, 0.05) is 10.8 Å². The van der Waals surface area contributed by atoms with E-state index in [-0.39, 0.29) is 5.12 Å². The Kier molecular flexibility index (Phi) is 6.78. The van der Waals surface area contributed by atoms with E-state index in [4.69, 9.17) is 11.6 Å². The number of benzene rings is 1. The standard InChI is InChI=1S/C13H15ClOS2/c1-10(13(15)17-9-8-16)2-3-11-4-6-12(14)7-5-11/h2,4-7,16H,3,8-9H2,1H3/b10-2+. The molecule has 0 aromatic heterocycles. The Labute approximate surface area is 117 Å². The van der Waals surface area contributed by atoms with Crippen molar-refractivity contribution in [3.63, 3.8) is 0 Å². The summed E-state index contributed by atoms with van der Waals surface area (Å²) in [6, 6.07) is 7.66. The van der Waals surface area contributed by atoms with E-state index in [0.717, 1.165) is 34.1 Å². The molecule has 92 valence electrons. The van der Waals surface area contributed by atoms with Crippen LogP contribution < -0.4 is 0 Å². The third-order valence-corrected chi connectivity index (χ3v) is 3.97. The van der Waals surface area contributed by atoms with E-state index in [9.17, 15) is 4.79 Å². The molecule has 1 aromatic carbocycles. The van der Waals surface area contributed by atoms with Crippen molar-refractivity contribution in [1.29, 1.82) is 0 Å². The van der Waals surface area contributed by atoms with Crippen molar-refractivity contribution in [3.8, 4) is 0 Å². The van der Waals surface area contributed by atoms with E-state index in [1.165, 1.54) is 11.8 Å². The van der Waals surface area contributed by atoms with E-state index < -0.39 is 0 Å². The number of hydrogen-bond acceptors (Lipinski definition) is 3. The van der Waals surface area contributed by atoms with Gasteiger partial charge in [-0.05, 0) is 42.4 Å². The first kappa shape index (κ1) is 14.7. The molecule has 0 spiro atoms. The average molecular weight is 287 g/mol. The number of thioether (sulfide) groups is 1. The first-order chi connectivity index (χ1) is 8.13. The Balaban J connectivity index is 2.52. The molecule has 0 amide bonds. The Morgan fingerprint density at radius 2 is 2.06 bits per heavy atom. The summed E-state index contributed by atoms with van der Waals surface area (Å²) in [5.74, 6) is 1.48. The van der Waals surface area contributed by atoms with Gasteiger partial charge in [-0.3, -0.25) is 4.79 Å². The molecule has 1 aromatic rings. The monoisotopic (exact) mass is 286 g/mol. The molecule has 0 fully saturated rings. The van der Waals surface area contributed by atoms with Crippen molar-refractivity contribution in [1.82, 2.24) is 0 Å². The molecule has 0 bridgehead atoms. The van der Waals surface area contributed by atoms with Gasteiger partial charge in [-0.2, -0.15) is 12.6 Å². The summed E-state index contributed by atoms with van der Waals surface area (Å²) in [5.41, 5.74) is 1.95. The van der Waals surface area contributed by atoms with E-state index in [2.05, 4.69) is 12.6 Å². The largest absolute Gasteiger partial charge is 0.282 e. The molecule has 1 rings (SSSR count). The second kappa shape index (κ2) is 7.85. The van der Waals surface area contributed by atoms with Crippen LogP contribution in [0.4, 0.5) is 0 Å². The highest BCUT2D eigenvalue weighted by atomic mass is 35.5. The molecule has 0 saturated carbocycles. The number of rotatable bonds is 5. The molecule has 0 aliphatic rings. The summed E-state index contributed by atoms with van der Waals surface area (Å²) in [7, 11) is 0. The SMILES string of the molecule is C/C(=C\Cc1ccc(Cl)cc1)C(=O)SCCS. The lowest BCUT2D eigenvalue weighted by Crippen LogP contribution is -1.96. The zero-order valence-electron chi connectivity index (χ0n) is 9.65. The zero-order chi connectivity index (χ0) is 12.7. The second-order valence-corrected chi connectivity index (χ2v) is 5.53. The fourth-order valence-corrected chi connectivity index (χ4v) is 2.21. The van der Waals surface area contributed by atoms with Gasteiger partial charge >= 0.3 is 0 Å². The quantitative estimate of drug-likeness (QED) is 0.650. The van der Waals surface area contributed by atoms with Gasteiger partial charge in [0.2, 0.25) is 5.12 Å². The van der Waals surface area contributed by atoms with E-state index in [1.807, 2.05) is 37.3 Å². The van der Waals surface area contributed by atoms with Crippen molar-refractivity contribution in [2.24, 2.45) is 0 Å². The lowest BCUT2D eigenvalue weighted by atomic mass is 10.1. The number of halogens is 1. The first-order valence-corrected chi connectivity index (χ1v) is 7.32. The lowest BCUT2D eigenvalue weighted by Gasteiger charge is -2.00. The smallest absolute Gasteiger partial charge is 0.214 e. The van der Waals surface area contributed by atoms with Crippen molar-refractivity contribution in [3.05, 3.63) is 46.5 Å². The van der Waals surface area contributed by atoms with Crippen LogP contribution in [0.3, 0.4) is 0 Å². The van der Waals surface area contributed by atoms with Crippen molar-refractivity contribution in [2.75, 3.05) is 11.5 Å².